The van der Waals surface area contributed by atoms with Crippen LogP contribution < -0.4 is 10.1 Å². The van der Waals surface area contributed by atoms with Gasteiger partial charge in [-0.2, -0.15) is 0 Å². The van der Waals surface area contributed by atoms with Crippen LogP contribution in [0.4, 0.5) is 5.13 Å². The molecule has 5 atom stereocenters. The summed E-state index contributed by atoms with van der Waals surface area (Å²) in [7, 11) is 1.34. The monoisotopic (exact) mass is 768 g/mol. The van der Waals surface area contributed by atoms with Crippen LogP contribution in [-0.2, 0) is 28.7 Å². The molecule has 3 aromatic rings. The molecule has 1 N–H and O–H groups in total. The van der Waals surface area contributed by atoms with Gasteiger partial charge in [0.2, 0.25) is 5.91 Å². The molecule has 2 aliphatic rings. The van der Waals surface area contributed by atoms with Crippen LogP contribution in [0.2, 0.25) is 5.02 Å². The van der Waals surface area contributed by atoms with Crippen molar-refractivity contribution in [2.75, 3.05) is 19.0 Å². The number of carbonyl (C=O) groups is 4. The fourth-order valence-electron chi connectivity index (χ4n) is 7.33. The Balaban J connectivity index is 1.51. The lowest BCUT2D eigenvalue weighted by Gasteiger charge is -2.35. The minimum atomic E-state index is -0.905. The van der Waals surface area contributed by atoms with Crippen molar-refractivity contribution < 1.29 is 33.4 Å². The van der Waals surface area contributed by atoms with Crippen LogP contribution in [0, 0.1) is 22.7 Å². The number of aromatic nitrogens is 2. The first-order valence-electron chi connectivity index (χ1n) is 18.4. The number of hydrogen-bond donors (Lipinski definition) is 1. The molecule has 288 valence electrons. The Hall–Kier alpha value is -3.77. The second-order valence-corrected chi connectivity index (χ2v) is 18.0. The Bertz CT molecular complexity index is 1870. The molecular formula is C40H53ClN4O7S. The molecule has 0 spiro atoms. The quantitative estimate of drug-likeness (QED) is 0.170. The standard InChI is InChI=1S/C40H53ClN4O7S/c1-11-23-18-40(23,36(49)50-10)19-31(46)30-15-24(20-45(30)35(48)26(38(4,5)6)16-33(47)52-39(7,8)9)51-32-17-28(29-21-53-37(44-29)42-22(2)3)43-34-25(32)13-12-14-27(34)41/h12-14,17,21-24,26,30H,11,15-16,18-20H2,1-10H3,(H,42,44)/t23-,24-,26-,30+,40-/m1/s1. The first-order valence-corrected chi connectivity index (χ1v) is 19.6. The maximum Gasteiger partial charge on any atom is 0.312 e. The highest BCUT2D eigenvalue weighted by Crippen LogP contribution is 2.58. The van der Waals surface area contributed by atoms with Gasteiger partial charge in [-0.3, -0.25) is 19.2 Å². The number of benzene rings is 1. The topological polar surface area (TPSA) is 137 Å². The number of anilines is 1. The molecule has 1 aliphatic carbocycles. The molecule has 0 unspecified atom stereocenters. The fraction of sp³-hybridized carbons (Fsp3) is 0.600. The third-order valence-corrected chi connectivity index (χ3v) is 11.2. The van der Waals surface area contributed by atoms with E-state index in [1.54, 1.807) is 31.7 Å². The summed E-state index contributed by atoms with van der Waals surface area (Å²) in [6.07, 6.45) is 0.697. The first-order chi connectivity index (χ1) is 24.8. The number of para-hydroxylation sites is 1. The molecule has 1 aromatic carbocycles. The lowest BCUT2D eigenvalue weighted by Crippen LogP contribution is -2.48. The SMILES string of the molecule is CC[C@@H]1C[C@]1(CC(=O)[C@@H]1C[C@@H](Oc2cc(-c3csc(NC(C)C)n3)nc3c(Cl)cccc23)CN1C(=O)[C@@H](CC(=O)OC(C)(C)C)C(C)(C)C)C(=O)OC. The maximum atomic E-state index is 14.7. The van der Waals surface area contributed by atoms with Crippen molar-refractivity contribution in [1.82, 2.24) is 14.9 Å². The summed E-state index contributed by atoms with van der Waals surface area (Å²) in [4.78, 5) is 66.3. The Labute approximate surface area is 321 Å². The van der Waals surface area contributed by atoms with Gasteiger partial charge in [0.1, 0.15) is 23.1 Å². The second kappa shape index (κ2) is 15.5. The molecule has 2 aromatic heterocycles. The normalized spacial score (nSPS) is 22.1. The summed E-state index contributed by atoms with van der Waals surface area (Å²) in [6, 6.07) is 6.59. The van der Waals surface area contributed by atoms with Gasteiger partial charge in [-0.15, -0.1) is 11.3 Å². The highest BCUT2D eigenvalue weighted by Gasteiger charge is 2.61. The van der Waals surface area contributed by atoms with Crippen LogP contribution in [0.5, 0.6) is 5.75 Å². The summed E-state index contributed by atoms with van der Waals surface area (Å²) in [6.45, 7) is 17.2. The molecule has 0 radical (unpaired) electrons. The molecule has 13 heteroatoms. The Morgan fingerprint density at radius 3 is 2.42 bits per heavy atom. The number of ketones is 1. The Morgan fingerprint density at radius 2 is 1.81 bits per heavy atom. The van der Waals surface area contributed by atoms with Gasteiger partial charge in [0, 0.05) is 35.7 Å². The number of rotatable bonds is 13. The summed E-state index contributed by atoms with van der Waals surface area (Å²) >= 11 is 8.15. The van der Waals surface area contributed by atoms with Crippen molar-refractivity contribution in [3.8, 4) is 17.1 Å². The van der Waals surface area contributed by atoms with Crippen molar-refractivity contribution in [3.05, 3.63) is 34.7 Å². The van der Waals surface area contributed by atoms with Crippen molar-refractivity contribution in [1.29, 1.82) is 0 Å². The van der Waals surface area contributed by atoms with E-state index in [1.165, 1.54) is 18.4 Å². The predicted octanol–water partition coefficient (Wildman–Crippen LogP) is 8.12. The molecule has 2 fully saturated rings. The van der Waals surface area contributed by atoms with Gasteiger partial charge < -0.3 is 24.4 Å². The van der Waals surface area contributed by atoms with Gasteiger partial charge in [0.05, 0.1) is 53.7 Å². The van der Waals surface area contributed by atoms with Crippen LogP contribution in [0.1, 0.15) is 94.4 Å². The summed E-state index contributed by atoms with van der Waals surface area (Å²) in [5.74, 6) is -1.72. The lowest BCUT2D eigenvalue weighted by molar-refractivity contribution is -0.161. The van der Waals surface area contributed by atoms with Gasteiger partial charge in [-0.05, 0) is 64.5 Å². The van der Waals surface area contributed by atoms with E-state index in [2.05, 4.69) is 5.32 Å². The number of nitrogens with zero attached hydrogens (tertiary/aromatic N) is 3. The van der Waals surface area contributed by atoms with Crippen molar-refractivity contribution in [2.24, 2.45) is 22.7 Å². The van der Waals surface area contributed by atoms with Crippen LogP contribution in [0.25, 0.3) is 22.3 Å². The molecule has 1 amide bonds. The van der Waals surface area contributed by atoms with Gasteiger partial charge in [-0.25, -0.2) is 9.97 Å². The number of pyridine rings is 1. The van der Waals surface area contributed by atoms with Crippen molar-refractivity contribution in [2.45, 2.75) is 118 Å². The second-order valence-electron chi connectivity index (χ2n) is 16.8. The number of carbonyl (C=O) groups excluding carboxylic acids is 4. The van der Waals surface area contributed by atoms with E-state index in [0.717, 1.165) is 11.6 Å². The smallest absolute Gasteiger partial charge is 0.312 e. The summed E-state index contributed by atoms with van der Waals surface area (Å²) in [5, 5.41) is 7.12. The lowest BCUT2D eigenvalue weighted by atomic mass is 9.77. The van der Waals surface area contributed by atoms with E-state index in [9.17, 15) is 19.2 Å². The predicted molar refractivity (Wildman–Crippen MR) is 207 cm³/mol. The minimum absolute atomic E-state index is 0.0271. The number of esters is 2. The molecule has 53 heavy (non-hydrogen) atoms. The zero-order valence-corrected chi connectivity index (χ0v) is 34.1. The van der Waals surface area contributed by atoms with Gasteiger partial charge in [0.25, 0.3) is 0 Å². The molecule has 1 aliphatic heterocycles. The number of hydrogen-bond acceptors (Lipinski definition) is 11. The average molecular weight is 769 g/mol. The maximum absolute atomic E-state index is 14.7. The molecule has 1 saturated carbocycles. The van der Waals surface area contributed by atoms with E-state index in [-0.39, 0.29) is 49.5 Å². The van der Waals surface area contributed by atoms with E-state index in [0.29, 0.717) is 39.5 Å². The molecule has 11 nitrogen and oxygen atoms in total. The highest BCUT2D eigenvalue weighted by atomic mass is 35.5. The van der Waals surface area contributed by atoms with E-state index in [1.807, 2.05) is 65.1 Å². The number of fused-ring (bicyclic) bond motifs is 1. The molecule has 5 rings (SSSR count). The third kappa shape index (κ3) is 9.13. The van der Waals surface area contributed by atoms with Crippen LogP contribution in [-0.4, -0.2) is 75.9 Å². The van der Waals surface area contributed by atoms with Gasteiger partial charge in [-0.1, -0.05) is 51.8 Å². The average Bonchev–Trinajstić information content (AvgIpc) is 3.34. The zero-order chi connectivity index (χ0) is 39.0. The van der Waals surface area contributed by atoms with E-state index in [4.69, 9.17) is 35.8 Å². The Morgan fingerprint density at radius 1 is 1.09 bits per heavy atom. The molecule has 3 heterocycles. The molecule has 1 saturated heterocycles. The number of likely N-dealkylation sites (tertiary alicyclic amines) is 1. The number of thiazole rings is 1. The Kier molecular flexibility index (Phi) is 11.8. The number of nitrogens with one attached hydrogen (secondary N) is 1. The van der Waals surface area contributed by atoms with E-state index >= 15 is 0 Å². The summed E-state index contributed by atoms with van der Waals surface area (Å²) < 4.78 is 17.5. The number of Topliss-reactive ketones (excluding diaryl/α,β-unsaturated/α-hetero) is 1. The number of methoxy groups -OCH3 is 1. The number of amides is 1. The largest absolute Gasteiger partial charge is 0.488 e. The molecular weight excluding hydrogens is 716 g/mol. The fourth-order valence-corrected chi connectivity index (χ4v) is 8.40. The molecule has 0 bridgehead atoms. The van der Waals surface area contributed by atoms with Gasteiger partial charge in [0.15, 0.2) is 10.9 Å². The van der Waals surface area contributed by atoms with Crippen molar-refractivity contribution in [3.63, 3.8) is 0 Å². The van der Waals surface area contributed by atoms with E-state index < -0.39 is 46.4 Å². The summed E-state index contributed by atoms with van der Waals surface area (Å²) in [5.41, 5.74) is -0.512. The minimum Gasteiger partial charge on any atom is -0.488 e. The van der Waals surface area contributed by atoms with Gasteiger partial charge >= 0.3 is 11.9 Å². The van der Waals surface area contributed by atoms with Crippen molar-refractivity contribution >= 4 is 62.6 Å². The van der Waals surface area contributed by atoms with Crippen LogP contribution >= 0.6 is 22.9 Å². The number of halogens is 1. The van der Waals surface area contributed by atoms with Crippen LogP contribution in [0.15, 0.2) is 29.6 Å². The van der Waals surface area contributed by atoms with Crippen LogP contribution in [0.3, 0.4) is 0 Å². The first kappa shape index (κ1) is 40.4. The highest BCUT2D eigenvalue weighted by molar-refractivity contribution is 7.14. The third-order valence-electron chi connectivity index (χ3n) is 10.1. The zero-order valence-electron chi connectivity index (χ0n) is 32.5. The number of ether oxygens (including phenoxy) is 3.